The largest absolute Gasteiger partial charge is 0.308 e. The zero-order valence-electron chi connectivity index (χ0n) is 9.69. The molecule has 0 aliphatic rings. The zero-order valence-corrected chi connectivity index (χ0v) is 11.3. The fraction of sp³-hybridized carbons (Fsp3) is 0.308. The van der Waals surface area contributed by atoms with Gasteiger partial charge in [0.25, 0.3) is 0 Å². The molecule has 2 nitrogen and oxygen atoms in total. The minimum Gasteiger partial charge on any atom is -0.308 e. The van der Waals surface area contributed by atoms with Crippen LogP contribution in [0.1, 0.15) is 17.5 Å². The van der Waals surface area contributed by atoms with Crippen molar-refractivity contribution in [2.45, 2.75) is 25.9 Å². The standard InChI is InChI=1S/C13H15ClN2S/c1-10(16-9-13-15-6-7-17-13)8-11-2-4-12(14)5-3-11/h2-7,10,16H,8-9H2,1H3. The van der Waals surface area contributed by atoms with Gasteiger partial charge in [-0.1, -0.05) is 23.7 Å². The van der Waals surface area contributed by atoms with Gasteiger partial charge in [-0.3, -0.25) is 0 Å². The van der Waals surface area contributed by atoms with Crippen LogP contribution < -0.4 is 5.32 Å². The van der Waals surface area contributed by atoms with Gasteiger partial charge >= 0.3 is 0 Å². The van der Waals surface area contributed by atoms with Crippen LogP contribution in [-0.4, -0.2) is 11.0 Å². The van der Waals surface area contributed by atoms with E-state index in [0.717, 1.165) is 23.0 Å². The Hall–Kier alpha value is -0.900. The van der Waals surface area contributed by atoms with Gasteiger partial charge in [0.05, 0.1) is 0 Å². The second-order valence-electron chi connectivity index (χ2n) is 4.04. The smallest absolute Gasteiger partial charge is 0.106 e. The summed E-state index contributed by atoms with van der Waals surface area (Å²) >= 11 is 7.54. The zero-order chi connectivity index (χ0) is 12.1. The van der Waals surface area contributed by atoms with Crippen molar-refractivity contribution in [1.29, 1.82) is 0 Å². The minimum atomic E-state index is 0.431. The highest BCUT2D eigenvalue weighted by molar-refractivity contribution is 7.09. The van der Waals surface area contributed by atoms with Gasteiger partial charge in [-0.15, -0.1) is 11.3 Å². The van der Waals surface area contributed by atoms with Crippen molar-refractivity contribution in [2.24, 2.45) is 0 Å². The number of nitrogens with one attached hydrogen (secondary N) is 1. The van der Waals surface area contributed by atoms with E-state index in [1.165, 1.54) is 5.56 Å². The van der Waals surface area contributed by atoms with E-state index in [1.54, 1.807) is 11.3 Å². The highest BCUT2D eigenvalue weighted by atomic mass is 35.5. The Labute approximate surface area is 111 Å². The van der Waals surface area contributed by atoms with Gasteiger partial charge in [-0.25, -0.2) is 4.98 Å². The van der Waals surface area contributed by atoms with Crippen LogP contribution in [0.25, 0.3) is 0 Å². The molecular formula is C13H15ClN2S. The lowest BCUT2D eigenvalue weighted by Crippen LogP contribution is -2.27. The summed E-state index contributed by atoms with van der Waals surface area (Å²) in [4.78, 5) is 4.25. The van der Waals surface area contributed by atoms with E-state index in [0.29, 0.717) is 6.04 Å². The summed E-state index contributed by atoms with van der Waals surface area (Å²) in [5.74, 6) is 0. The molecule has 4 heteroatoms. The van der Waals surface area contributed by atoms with E-state index in [-0.39, 0.29) is 0 Å². The lowest BCUT2D eigenvalue weighted by atomic mass is 10.1. The Morgan fingerprint density at radius 3 is 2.76 bits per heavy atom. The molecule has 0 saturated heterocycles. The maximum Gasteiger partial charge on any atom is 0.106 e. The summed E-state index contributed by atoms with van der Waals surface area (Å²) in [7, 11) is 0. The molecule has 1 N–H and O–H groups in total. The number of thiazole rings is 1. The van der Waals surface area contributed by atoms with Crippen LogP contribution in [0.2, 0.25) is 5.02 Å². The van der Waals surface area contributed by atoms with Crippen LogP contribution in [-0.2, 0) is 13.0 Å². The molecule has 0 spiro atoms. The monoisotopic (exact) mass is 266 g/mol. The SMILES string of the molecule is CC(Cc1ccc(Cl)cc1)NCc1nccs1. The van der Waals surface area contributed by atoms with Crippen molar-refractivity contribution < 1.29 is 0 Å². The molecule has 1 heterocycles. The molecule has 1 unspecified atom stereocenters. The number of hydrogen-bond acceptors (Lipinski definition) is 3. The van der Waals surface area contributed by atoms with Gasteiger partial charge in [0, 0.05) is 29.2 Å². The molecule has 0 radical (unpaired) electrons. The first kappa shape index (κ1) is 12.6. The highest BCUT2D eigenvalue weighted by Crippen LogP contribution is 2.11. The summed E-state index contributed by atoms with van der Waals surface area (Å²) in [6, 6.07) is 8.45. The van der Waals surface area contributed by atoms with Crippen LogP contribution in [0.5, 0.6) is 0 Å². The third-order valence-corrected chi connectivity index (χ3v) is 3.57. The van der Waals surface area contributed by atoms with Gasteiger partial charge in [0.2, 0.25) is 0 Å². The lowest BCUT2D eigenvalue weighted by Gasteiger charge is -2.12. The van der Waals surface area contributed by atoms with E-state index < -0.39 is 0 Å². The van der Waals surface area contributed by atoms with E-state index >= 15 is 0 Å². The first-order chi connectivity index (χ1) is 8.24. The third-order valence-electron chi connectivity index (χ3n) is 2.54. The summed E-state index contributed by atoms with van der Waals surface area (Å²) in [5.41, 5.74) is 1.30. The third kappa shape index (κ3) is 4.11. The molecule has 1 atom stereocenters. The summed E-state index contributed by atoms with van der Waals surface area (Å²) < 4.78 is 0. The molecule has 1 aromatic carbocycles. The average Bonchev–Trinajstić information content (AvgIpc) is 2.83. The van der Waals surface area contributed by atoms with Gasteiger partial charge in [0.1, 0.15) is 5.01 Å². The fourth-order valence-electron chi connectivity index (χ4n) is 1.65. The van der Waals surface area contributed by atoms with Crippen molar-refractivity contribution in [2.75, 3.05) is 0 Å². The second-order valence-corrected chi connectivity index (χ2v) is 5.45. The van der Waals surface area contributed by atoms with E-state index in [9.17, 15) is 0 Å². The Kier molecular flexibility index (Phi) is 4.54. The molecule has 0 saturated carbocycles. The number of nitrogens with zero attached hydrogens (tertiary/aromatic N) is 1. The van der Waals surface area contributed by atoms with Crippen molar-refractivity contribution in [3.8, 4) is 0 Å². The molecular weight excluding hydrogens is 252 g/mol. The van der Waals surface area contributed by atoms with Gasteiger partial charge in [-0.05, 0) is 31.0 Å². The highest BCUT2D eigenvalue weighted by Gasteiger charge is 2.04. The Morgan fingerprint density at radius 1 is 1.35 bits per heavy atom. The molecule has 0 aliphatic heterocycles. The summed E-state index contributed by atoms with van der Waals surface area (Å²) in [6.07, 6.45) is 2.84. The number of hydrogen-bond donors (Lipinski definition) is 1. The van der Waals surface area contributed by atoms with E-state index in [4.69, 9.17) is 11.6 Å². The van der Waals surface area contributed by atoms with Crippen LogP contribution in [0.4, 0.5) is 0 Å². The maximum atomic E-state index is 5.85. The fourth-order valence-corrected chi connectivity index (χ4v) is 2.34. The molecule has 2 aromatic rings. The quantitative estimate of drug-likeness (QED) is 0.896. The predicted octanol–water partition coefficient (Wildman–Crippen LogP) is 3.52. The topological polar surface area (TPSA) is 24.9 Å². The Balaban J connectivity index is 1.80. The molecule has 1 aromatic heterocycles. The number of rotatable bonds is 5. The van der Waals surface area contributed by atoms with Gasteiger partial charge < -0.3 is 5.32 Å². The van der Waals surface area contributed by atoms with Gasteiger partial charge in [-0.2, -0.15) is 0 Å². The molecule has 90 valence electrons. The lowest BCUT2D eigenvalue weighted by molar-refractivity contribution is 0.544. The first-order valence-electron chi connectivity index (χ1n) is 5.60. The van der Waals surface area contributed by atoms with Crippen molar-refractivity contribution in [3.05, 3.63) is 51.4 Å². The van der Waals surface area contributed by atoms with Crippen molar-refractivity contribution >= 4 is 22.9 Å². The molecule has 0 fully saturated rings. The van der Waals surface area contributed by atoms with Crippen LogP contribution in [0, 0.1) is 0 Å². The maximum absolute atomic E-state index is 5.85. The van der Waals surface area contributed by atoms with Crippen LogP contribution in [0.15, 0.2) is 35.8 Å². The summed E-state index contributed by atoms with van der Waals surface area (Å²) in [6.45, 7) is 3.02. The van der Waals surface area contributed by atoms with Crippen LogP contribution >= 0.6 is 22.9 Å². The Bertz CT molecular complexity index is 439. The van der Waals surface area contributed by atoms with E-state index in [1.807, 2.05) is 23.7 Å². The molecule has 0 bridgehead atoms. The van der Waals surface area contributed by atoms with E-state index in [2.05, 4.69) is 29.4 Å². The first-order valence-corrected chi connectivity index (χ1v) is 6.86. The molecule has 0 amide bonds. The van der Waals surface area contributed by atoms with Crippen LogP contribution in [0.3, 0.4) is 0 Å². The van der Waals surface area contributed by atoms with Gasteiger partial charge in [0.15, 0.2) is 0 Å². The normalized spacial score (nSPS) is 12.6. The predicted molar refractivity (Wildman–Crippen MR) is 73.6 cm³/mol. The van der Waals surface area contributed by atoms with Crippen molar-refractivity contribution in [1.82, 2.24) is 10.3 Å². The molecule has 0 aliphatic carbocycles. The number of aromatic nitrogens is 1. The summed E-state index contributed by atoms with van der Waals surface area (Å²) in [5, 5.41) is 7.39. The average molecular weight is 267 g/mol. The Morgan fingerprint density at radius 2 is 2.12 bits per heavy atom. The second kappa shape index (κ2) is 6.15. The number of benzene rings is 1. The number of halogens is 1. The molecule has 2 rings (SSSR count). The molecule has 17 heavy (non-hydrogen) atoms. The minimum absolute atomic E-state index is 0.431. The van der Waals surface area contributed by atoms with Crippen molar-refractivity contribution in [3.63, 3.8) is 0 Å².